The minimum absolute atomic E-state index is 0.0657. The highest BCUT2D eigenvalue weighted by molar-refractivity contribution is 5.96. The Labute approximate surface area is 182 Å². The molecule has 7 N–H and O–H groups in total. The number of fused-ring (bicyclic) bond motifs is 1. The van der Waals surface area contributed by atoms with Crippen LogP contribution in [0.15, 0.2) is 36.5 Å². The number of carboxylic acid groups (broad SMARTS) is 2. The molecule has 2 heterocycles. The number of carbonyl (C=O) groups excluding carboxylic acids is 1. The van der Waals surface area contributed by atoms with E-state index in [1.807, 2.05) is 6.07 Å². The number of rotatable bonds is 9. The number of aromatic nitrogens is 3. The van der Waals surface area contributed by atoms with Crippen LogP contribution in [-0.2, 0) is 22.4 Å². The highest BCUT2D eigenvalue weighted by Gasteiger charge is 2.21. The second-order valence-electron chi connectivity index (χ2n) is 7.18. The van der Waals surface area contributed by atoms with E-state index in [9.17, 15) is 14.4 Å². The molecule has 0 saturated heterocycles. The number of nitrogens with one attached hydrogen (secondary N) is 1. The van der Waals surface area contributed by atoms with Gasteiger partial charge in [-0.15, -0.1) is 0 Å². The normalized spacial score (nSPS) is 11.8. The van der Waals surface area contributed by atoms with E-state index in [2.05, 4.69) is 20.3 Å². The first-order chi connectivity index (χ1) is 15.2. The van der Waals surface area contributed by atoms with Crippen LogP contribution in [0.1, 0.15) is 34.3 Å². The number of aryl methyl sites for hydroxylation is 2. The number of nitrogen functional groups attached to an aromatic ring is 2. The molecule has 32 heavy (non-hydrogen) atoms. The minimum atomic E-state index is -1.28. The van der Waals surface area contributed by atoms with E-state index in [0.717, 1.165) is 11.1 Å². The van der Waals surface area contributed by atoms with Gasteiger partial charge in [0.2, 0.25) is 5.95 Å². The fraction of sp³-hybridized carbons (Fsp3) is 0.238. The lowest BCUT2D eigenvalue weighted by Gasteiger charge is -2.13. The molecule has 2 aromatic heterocycles. The second-order valence-corrected chi connectivity index (χ2v) is 7.18. The summed E-state index contributed by atoms with van der Waals surface area (Å²) in [5.74, 6) is -2.66. The van der Waals surface area contributed by atoms with Gasteiger partial charge in [0.05, 0.1) is 5.39 Å². The van der Waals surface area contributed by atoms with Crippen molar-refractivity contribution in [1.29, 1.82) is 0 Å². The van der Waals surface area contributed by atoms with Crippen LogP contribution in [0.3, 0.4) is 0 Å². The van der Waals surface area contributed by atoms with Crippen molar-refractivity contribution < 1.29 is 24.6 Å². The molecule has 0 aliphatic rings. The van der Waals surface area contributed by atoms with Gasteiger partial charge in [-0.3, -0.25) is 9.59 Å². The molecular weight excluding hydrogens is 416 g/mol. The van der Waals surface area contributed by atoms with Crippen LogP contribution in [0.5, 0.6) is 0 Å². The Morgan fingerprint density at radius 3 is 2.34 bits per heavy atom. The zero-order chi connectivity index (χ0) is 23.3. The molecule has 11 heteroatoms. The van der Waals surface area contributed by atoms with Gasteiger partial charge in [0.15, 0.2) is 5.65 Å². The standard InChI is InChI=1S/C21H22N6O5/c22-17-14-9-12(10-24-18(14)27-21(23)26-17)2-1-11-3-5-13(6-4-11)19(30)25-15(20(31)32)7-8-16(28)29/h3-6,9-10,15H,1-2,7-8H2,(H,25,30)(H,28,29)(H,31,32)(H4,22,23,24,26,27)/t15-/m0/s1. The highest BCUT2D eigenvalue weighted by atomic mass is 16.4. The Kier molecular flexibility index (Phi) is 6.78. The van der Waals surface area contributed by atoms with E-state index in [1.165, 1.54) is 0 Å². The van der Waals surface area contributed by atoms with Gasteiger partial charge < -0.3 is 27.0 Å². The number of aliphatic carboxylic acids is 2. The zero-order valence-electron chi connectivity index (χ0n) is 17.0. The molecule has 0 fully saturated rings. The predicted octanol–water partition coefficient (Wildman–Crippen LogP) is 1.02. The fourth-order valence-electron chi connectivity index (χ4n) is 3.11. The number of anilines is 2. The maximum atomic E-state index is 12.3. The Hall–Kier alpha value is -4.28. The van der Waals surface area contributed by atoms with Crippen molar-refractivity contribution in [1.82, 2.24) is 20.3 Å². The molecule has 3 aromatic rings. The molecule has 0 aliphatic carbocycles. The van der Waals surface area contributed by atoms with Gasteiger partial charge in [-0.2, -0.15) is 9.97 Å². The third-order valence-corrected chi connectivity index (χ3v) is 4.82. The van der Waals surface area contributed by atoms with Crippen LogP contribution in [0.2, 0.25) is 0 Å². The van der Waals surface area contributed by atoms with Crippen LogP contribution in [0, 0.1) is 0 Å². The summed E-state index contributed by atoms with van der Waals surface area (Å²) < 4.78 is 0. The van der Waals surface area contributed by atoms with E-state index >= 15 is 0 Å². The zero-order valence-corrected chi connectivity index (χ0v) is 17.0. The SMILES string of the molecule is Nc1nc(N)c2cc(CCc3ccc(C(=O)N[C@@H](CCC(=O)O)C(=O)O)cc3)cnc2n1. The quantitative estimate of drug-likeness (QED) is 0.322. The largest absolute Gasteiger partial charge is 0.481 e. The van der Waals surface area contributed by atoms with Crippen LogP contribution < -0.4 is 16.8 Å². The van der Waals surface area contributed by atoms with Crippen molar-refractivity contribution in [3.05, 3.63) is 53.2 Å². The summed E-state index contributed by atoms with van der Waals surface area (Å²) in [5.41, 5.74) is 14.1. The first-order valence-corrected chi connectivity index (χ1v) is 9.75. The van der Waals surface area contributed by atoms with Gasteiger partial charge in [0.25, 0.3) is 5.91 Å². The average Bonchev–Trinajstić information content (AvgIpc) is 2.75. The number of carbonyl (C=O) groups is 3. The highest BCUT2D eigenvalue weighted by Crippen LogP contribution is 2.19. The fourth-order valence-corrected chi connectivity index (χ4v) is 3.11. The van der Waals surface area contributed by atoms with Crippen LogP contribution in [0.4, 0.5) is 11.8 Å². The average molecular weight is 438 g/mol. The predicted molar refractivity (Wildman–Crippen MR) is 116 cm³/mol. The van der Waals surface area contributed by atoms with Gasteiger partial charge in [0.1, 0.15) is 11.9 Å². The van der Waals surface area contributed by atoms with Crippen LogP contribution >= 0.6 is 0 Å². The molecule has 0 bridgehead atoms. The summed E-state index contributed by atoms with van der Waals surface area (Å²) in [7, 11) is 0. The maximum Gasteiger partial charge on any atom is 0.326 e. The smallest absolute Gasteiger partial charge is 0.326 e. The van der Waals surface area contributed by atoms with Gasteiger partial charge in [-0.1, -0.05) is 12.1 Å². The first-order valence-electron chi connectivity index (χ1n) is 9.75. The number of hydrogen-bond donors (Lipinski definition) is 5. The Bertz CT molecular complexity index is 1170. The van der Waals surface area contributed by atoms with E-state index in [4.69, 9.17) is 21.7 Å². The topological polar surface area (TPSA) is 194 Å². The molecular formula is C21H22N6O5. The van der Waals surface area contributed by atoms with Crippen molar-refractivity contribution in [3.8, 4) is 0 Å². The summed E-state index contributed by atoms with van der Waals surface area (Å²) in [4.78, 5) is 46.5. The van der Waals surface area contributed by atoms with E-state index in [0.29, 0.717) is 23.9 Å². The third-order valence-electron chi connectivity index (χ3n) is 4.82. The monoisotopic (exact) mass is 438 g/mol. The van der Waals surface area contributed by atoms with Crippen molar-refractivity contribution in [3.63, 3.8) is 0 Å². The number of benzene rings is 1. The summed E-state index contributed by atoms with van der Waals surface area (Å²) in [6.07, 6.45) is 2.47. The molecule has 0 spiro atoms. The van der Waals surface area contributed by atoms with Gasteiger partial charge >= 0.3 is 11.9 Å². The lowest BCUT2D eigenvalue weighted by molar-refractivity contribution is -0.140. The second kappa shape index (κ2) is 9.69. The molecule has 0 aliphatic heterocycles. The van der Waals surface area contributed by atoms with Crippen LogP contribution in [-0.4, -0.2) is 49.1 Å². The summed E-state index contributed by atoms with van der Waals surface area (Å²) in [6, 6.07) is 7.32. The van der Waals surface area contributed by atoms with Gasteiger partial charge in [-0.25, -0.2) is 9.78 Å². The summed E-state index contributed by atoms with van der Waals surface area (Å²) in [5, 5.41) is 20.8. The lowest BCUT2D eigenvalue weighted by atomic mass is 10.0. The molecule has 11 nitrogen and oxygen atoms in total. The maximum absolute atomic E-state index is 12.3. The first kappa shape index (κ1) is 22.4. The van der Waals surface area contributed by atoms with Crippen molar-refractivity contribution in [2.24, 2.45) is 0 Å². The van der Waals surface area contributed by atoms with Crippen molar-refractivity contribution in [2.75, 3.05) is 11.5 Å². The number of carboxylic acids is 2. The molecule has 166 valence electrons. The molecule has 1 atom stereocenters. The number of nitrogens with two attached hydrogens (primary N) is 2. The van der Waals surface area contributed by atoms with Gasteiger partial charge in [-0.05, 0) is 48.6 Å². The Morgan fingerprint density at radius 2 is 1.69 bits per heavy atom. The lowest BCUT2D eigenvalue weighted by Crippen LogP contribution is -2.41. The van der Waals surface area contributed by atoms with E-state index < -0.39 is 23.9 Å². The molecule has 3 rings (SSSR count). The minimum Gasteiger partial charge on any atom is -0.481 e. The summed E-state index contributed by atoms with van der Waals surface area (Å²) in [6.45, 7) is 0. The van der Waals surface area contributed by atoms with Crippen LogP contribution in [0.25, 0.3) is 11.0 Å². The molecule has 0 saturated carbocycles. The molecule has 1 amide bonds. The molecule has 1 aromatic carbocycles. The number of hydrogen-bond acceptors (Lipinski definition) is 8. The Morgan fingerprint density at radius 1 is 1.00 bits per heavy atom. The van der Waals surface area contributed by atoms with E-state index in [1.54, 1.807) is 30.5 Å². The molecule has 0 radical (unpaired) electrons. The number of amides is 1. The van der Waals surface area contributed by atoms with Crippen molar-refractivity contribution in [2.45, 2.75) is 31.7 Å². The third kappa shape index (κ3) is 5.65. The number of nitrogens with zero attached hydrogens (tertiary/aromatic N) is 3. The summed E-state index contributed by atoms with van der Waals surface area (Å²) >= 11 is 0. The van der Waals surface area contributed by atoms with E-state index in [-0.39, 0.29) is 30.2 Å². The number of pyridine rings is 1. The Balaban J connectivity index is 1.62. The van der Waals surface area contributed by atoms with Gasteiger partial charge in [0, 0.05) is 18.2 Å². The molecule has 0 unspecified atom stereocenters. The van der Waals surface area contributed by atoms with Crippen molar-refractivity contribution >= 4 is 40.6 Å².